The molecule has 1 aromatic carbocycles. The van der Waals surface area contributed by atoms with E-state index in [0.717, 1.165) is 31.6 Å². The number of likely N-dealkylation sites (tertiary alicyclic amines) is 1. The molecule has 0 unspecified atom stereocenters. The Morgan fingerprint density at radius 2 is 1.83 bits per heavy atom. The topological polar surface area (TPSA) is 47.4 Å². The first kappa shape index (κ1) is 16.6. The van der Waals surface area contributed by atoms with Crippen LogP contribution < -0.4 is 4.74 Å². The van der Waals surface area contributed by atoms with Crippen LogP contribution in [0.1, 0.15) is 33.6 Å². The van der Waals surface area contributed by atoms with Gasteiger partial charge in [-0.15, -0.1) is 5.10 Å². The lowest BCUT2D eigenvalue weighted by atomic mass is 9.97. The molecule has 0 atom stereocenters. The maximum atomic E-state index is 12.8. The highest BCUT2D eigenvalue weighted by Crippen LogP contribution is 2.23. The van der Waals surface area contributed by atoms with E-state index < -0.39 is 5.60 Å². The zero-order valence-electron chi connectivity index (χ0n) is 14.6. The molecule has 128 valence electrons. The van der Waals surface area contributed by atoms with Crippen molar-refractivity contribution in [3.05, 3.63) is 42.6 Å². The third kappa shape index (κ3) is 3.61. The molecule has 1 fully saturated rings. The molecule has 0 radical (unpaired) electrons. The third-order valence-electron chi connectivity index (χ3n) is 4.53. The first-order chi connectivity index (χ1) is 11.5. The van der Waals surface area contributed by atoms with Gasteiger partial charge < -0.3 is 9.64 Å². The van der Waals surface area contributed by atoms with Crippen molar-refractivity contribution in [3.8, 4) is 11.6 Å². The van der Waals surface area contributed by atoms with Crippen molar-refractivity contribution in [2.45, 2.75) is 39.2 Å². The SMILES string of the molecule is CC1CCN(C(=O)C(C)(C)Oc2ccn(-c3ccccc3)n2)CC1. The summed E-state index contributed by atoms with van der Waals surface area (Å²) in [6.07, 6.45) is 3.96. The smallest absolute Gasteiger partial charge is 0.266 e. The van der Waals surface area contributed by atoms with Crippen molar-refractivity contribution in [1.82, 2.24) is 14.7 Å². The second-order valence-corrected chi connectivity index (χ2v) is 7.02. The van der Waals surface area contributed by atoms with Gasteiger partial charge in [-0.1, -0.05) is 25.1 Å². The van der Waals surface area contributed by atoms with Gasteiger partial charge in [-0.25, -0.2) is 4.68 Å². The van der Waals surface area contributed by atoms with Crippen LogP contribution in [0.25, 0.3) is 5.69 Å². The van der Waals surface area contributed by atoms with Crippen molar-refractivity contribution in [2.24, 2.45) is 5.92 Å². The maximum absolute atomic E-state index is 12.8. The number of rotatable bonds is 4. The molecule has 1 aliphatic rings. The van der Waals surface area contributed by atoms with Gasteiger partial charge in [0.25, 0.3) is 5.91 Å². The molecule has 2 aromatic rings. The molecule has 5 nitrogen and oxygen atoms in total. The number of carbonyl (C=O) groups excluding carboxylic acids is 1. The first-order valence-electron chi connectivity index (χ1n) is 8.55. The minimum absolute atomic E-state index is 0.0312. The lowest BCUT2D eigenvalue weighted by Crippen LogP contribution is -2.51. The molecule has 2 heterocycles. The summed E-state index contributed by atoms with van der Waals surface area (Å²) in [5.74, 6) is 1.19. The van der Waals surface area contributed by atoms with Crippen molar-refractivity contribution in [1.29, 1.82) is 0 Å². The van der Waals surface area contributed by atoms with E-state index in [1.54, 1.807) is 10.7 Å². The summed E-state index contributed by atoms with van der Waals surface area (Å²) in [7, 11) is 0. The van der Waals surface area contributed by atoms with Crippen LogP contribution in [0.3, 0.4) is 0 Å². The molecule has 24 heavy (non-hydrogen) atoms. The monoisotopic (exact) mass is 327 g/mol. The fraction of sp³-hybridized carbons (Fsp3) is 0.474. The predicted molar refractivity (Wildman–Crippen MR) is 93.2 cm³/mol. The Kier molecular flexibility index (Phi) is 4.60. The average Bonchev–Trinajstić information content (AvgIpc) is 3.03. The molecular formula is C19H25N3O2. The van der Waals surface area contributed by atoms with Gasteiger partial charge in [0.1, 0.15) is 0 Å². The molecule has 1 amide bonds. The van der Waals surface area contributed by atoms with Gasteiger partial charge in [0.15, 0.2) is 5.60 Å². The number of amides is 1. The predicted octanol–water partition coefficient (Wildman–Crippen LogP) is 3.29. The largest absolute Gasteiger partial charge is 0.460 e. The number of benzene rings is 1. The van der Waals surface area contributed by atoms with Gasteiger partial charge in [0, 0.05) is 25.4 Å². The summed E-state index contributed by atoms with van der Waals surface area (Å²) in [4.78, 5) is 14.7. The Hall–Kier alpha value is -2.30. The molecule has 0 spiro atoms. The molecule has 0 aliphatic carbocycles. The number of aromatic nitrogens is 2. The van der Waals surface area contributed by atoms with Gasteiger partial charge in [-0.2, -0.15) is 0 Å². The zero-order chi connectivity index (χ0) is 17.2. The lowest BCUT2D eigenvalue weighted by molar-refractivity contribution is -0.147. The van der Waals surface area contributed by atoms with Crippen LogP contribution in [0.15, 0.2) is 42.6 Å². The average molecular weight is 327 g/mol. The minimum atomic E-state index is -0.920. The standard InChI is InChI=1S/C19H25N3O2/c1-15-9-12-21(13-10-15)18(23)19(2,3)24-17-11-14-22(20-17)16-7-5-4-6-8-16/h4-8,11,14-15H,9-10,12-13H2,1-3H3. The van der Waals surface area contributed by atoms with E-state index >= 15 is 0 Å². The molecule has 1 saturated heterocycles. The van der Waals surface area contributed by atoms with E-state index in [4.69, 9.17) is 4.74 Å². The summed E-state index contributed by atoms with van der Waals surface area (Å²) < 4.78 is 7.67. The minimum Gasteiger partial charge on any atom is -0.460 e. The molecule has 3 rings (SSSR count). The van der Waals surface area contributed by atoms with E-state index in [1.165, 1.54) is 0 Å². The summed E-state index contributed by atoms with van der Waals surface area (Å²) >= 11 is 0. The van der Waals surface area contributed by atoms with Crippen LogP contribution in [0, 0.1) is 5.92 Å². The summed E-state index contributed by atoms with van der Waals surface area (Å²) in [5.41, 5.74) is 0.0395. The number of piperidine rings is 1. The number of ether oxygens (including phenoxy) is 1. The Labute approximate surface area is 143 Å². The van der Waals surface area contributed by atoms with Crippen LogP contribution in [0.4, 0.5) is 0 Å². The van der Waals surface area contributed by atoms with Crippen LogP contribution in [0.2, 0.25) is 0 Å². The van der Waals surface area contributed by atoms with Gasteiger partial charge >= 0.3 is 0 Å². The van der Waals surface area contributed by atoms with Crippen LogP contribution in [-0.2, 0) is 4.79 Å². The van der Waals surface area contributed by atoms with Crippen LogP contribution in [0.5, 0.6) is 5.88 Å². The highest BCUT2D eigenvalue weighted by molar-refractivity contribution is 5.84. The normalized spacial score (nSPS) is 16.2. The van der Waals surface area contributed by atoms with E-state index in [2.05, 4.69) is 12.0 Å². The van der Waals surface area contributed by atoms with E-state index in [0.29, 0.717) is 11.8 Å². The fourth-order valence-electron chi connectivity index (χ4n) is 2.98. The van der Waals surface area contributed by atoms with Crippen LogP contribution in [-0.4, -0.2) is 39.3 Å². The molecule has 1 aliphatic heterocycles. The quantitative estimate of drug-likeness (QED) is 0.866. The number of hydrogen-bond donors (Lipinski definition) is 0. The van der Waals surface area contributed by atoms with Gasteiger partial charge in [0.2, 0.25) is 5.88 Å². The van der Waals surface area contributed by atoms with Crippen LogP contribution >= 0.6 is 0 Å². The van der Waals surface area contributed by atoms with Crippen molar-refractivity contribution in [2.75, 3.05) is 13.1 Å². The zero-order valence-corrected chi connectivity index (χ0v) is 14.6. The van der Waals surface area contributed by atoms with Gasteiger partial charge in [-0.3, -0.25) is 4.79 Å². The highest BCUT2D eigenvalue weighted by atomic mass is 16.5. The van der Waals surface area contributed by atoms with E-state index in [1.807, 2.05) is 55.3 Å². The second kappa shape index (κ2) is 6.67. The summed E-state index contributed by atoms with van der Waals surface area (Å²) in [6, 6.07) is 11.6. The van der Waals surface area contributed by atoms with Crippen molar-refractivity contribution in [3.63, 3.8) is 0 Å². The highest BCUT2D eigenvalue weighted by Gasteiger charge is 2.36. The van der Waals surface area contributed by atoms with E-state index in [-0.39, 0.29) is 5.91 Å². The maximum Gasteiger partial charge on any atom is 0.266 e. The van der Waals surface area contributed by atoms with Crippen molar-refractivity contribution >= 4 is 5.91 Å². The second-order valence-electron chi connectivity index (χ2n) is 7.02. The molecule has 0 saturated carbocycles. The number of carbonyl (C=O) groups is 1. The Morgan fingerprint density at radius 3 is 2.50 bits per heavy atom. The van der Waals surface area contributed by atoms with Crippen molar-refractivity contribution < 1.29 is 9.53 Å². The molecular weight excluding hydrogens is 302 g/mol. The number of hydrogen-bond acceptors (Lipinski definition) is 3. The van der Waals surface area contributed by atoms with Gasteiger partial charge in [0.05, 0.1) is 5.69 Å². The fourth-order valence-corrected chi connectivity index (χ4v) is 2.98. The first-order valence-corrected chi connectivity index (χ1v) is 8.55. The number of para-hydroxylation sites is 1. The lowest BCUT2D eigenvalue weighted by Gasteiger charge is -2.35. The van der Waals surface area contributed by atoms with Gasteiger partial charge in [-0.05, 0) is 44.7 Å². The summed E-state index contributed by atoms with van der Waals surface area (Å²) in [5, 5.41) is 4.43. The molecule has 0 N–H and O–H groups in total. The molecule has 1 aromatic heterocycles. The van der Waals surface area contributed by atoms with E-state index in [9.17, 15) is 4.79 Å². The number of nitrogens with zero attached hydrogens (tertiary/aromatic N) is 3. The Balaban J connectivity index is 1.68. The Bertz CT molecular complexity index is 686. The molecule has 0 bridgehead atoms. The third-order valence-corrected chi connectivity index (χ3v) is 4.53. The molecule has 5 heteroatoms. The summed E-state index contributed by atoms with van der Waals surface area (Å²) in [6.45, 7) is 7.49. The Morgan fingerprint density at radius 1 is 1.17 bits per heavy atom.